The summed E-state index contributed by atoms with van der Waals surface area (Å²) in [4.78, 5) is 12.4. The van der Waals surface area contributed by atoms with Crippen molar-refractivity contribution < 1.29 is 4.79 Å². The number of unbranched alkanes of at least 4 members (excludes halogenated alkanes) is 4. The zero-order chi connectivity index (χ0) is 14.5. The van der Waals surface area contributed by atoms with Crippen molar-refractivity contribution in [3.05, 3.63) is 0 Å². The molecular formula is C17H33NO. The Kier molecular flexibility index (Phi) is 6.04. The number of Topliss-reactive ketones (excluding diaryl/α,β-unsaturated/α-hetero) is 1. The second-order valence-electron chi connectivity index (χ2n) is 7.63. The Balaban J connectivity index is 2.39. The molecule has 1 aliphatic rings. The van der Waals surface area contributed by atoms with Crippen molar-refractivity contribution in [2.24, 2.45) is 5.92 Å². The Hall–Kier alpha value is -0.370. The van der Waals surface area contributed by atoms with Gasteiger partial charge in [-0.25, -0.2) is 0 Å². The number of hydrogen-bond donors (Lipinski definition) is 1. The first-order valence-corrected chi connectivity index (χ1v) is 8.08. The van der Waals surface area contributed by atoms with Gasteiger partial charge >= 0.3 is 0 Å². The fourth-order valence-electron chi connectivity index (χ4n) is 3.66. The summed E-state index contributed by atoms with van der Waals surface area (Å²) in [6.07, 6.45) is 8.94. The molecule has 1 aliphatic heterocycles. The predicted octanol–water partition coefficient (Wildman–Crippen LogP) is 4.47. The van der Waals surface area contributed by atoms with Gasteiger partial charge in [0.05, 0.1) is 0 Å². The minimum absolute atomic E-state index is 0.0876. The third-order valence-electron chi connectivity index (χ3n) is 4.17. The van der Waals surface area contributed by atoms with E-state index < -0.39 is 0 Å². The molecule has 0 saturated carbocycles. The maximum atomic E-state index is 12.4. The Morgan fingerprint density at radius 1 is 1.00 bits per heavy atom. The smallest absolute Gasteiger partial charge is 0.136 e. The van der Waals surface area contributed by atoms with Gasteiger partial charge in [-0.3, -0.25) is 4.79 Å². The van der Waals surface area contributed by atoms with Crippen LogP contribution in [-0.4, -0.2) is 16.9 Å². The van der Waals surface area contributed by atoms with Crippen LogP contribution in [0.4, 0.5) is 0 Å². The van der Waals surface area contributed by atoms with Gasteiger partial charge in [0.25, 0.3) is 0 Å². The van der Waals surface area contributed by atoms with Crippen molar-refractivity contribution in [2.75, 3.05) is 0 Å². The van der Waals surface area contributed by atoms with Gasteiger partial charge in [0.2, 0.25) is 0 Å². The third kappa shape index (κ3) is 6.07. The summed E-state index contributed by atoms with van der Waals surface area (Å²) in [5.41, 5.74) is 0.175. The number of rotatable bonds is 7. The molecule has 0 bridgehead atoms. The molecule has 0 aromatic rings. The van der Waals surface area contributed by atoms with Gasteiger partial charge in [0, 0.05) is 23.4 Å². The van der Waals surface area contributed by atoms with E-state index >= 15 is 0 Å². The van der Waals surface area contributed by atoms with E-state index in [0.717, 1.165) is 25.7 Å². The summed E-state index contributed by atoms with van der Waals surface area (Å²) in [5.74, 6) is 0.761. The van der Waals surface area contributed by atoms with Crippen molar-refractivity contribution in [3.8, 4) is 0 Å². The first kappa shape index (κ1) is 16.7. The summed E-state index contributed by atoms with van der Waals surface area (Å²) in [6, 6.07) is 0. The number of hydrogen-bond acceptors (Lipinski definition) is 2. The number of carbonyl (C=O) groups is 1. The van der Waals surface area contributed by atoms with Crippen LogP contribution in [-0.2, 0) is 4.79 Å². The molecule has 1 fully saturated rings. The number of ketones is 1. The molecule has 2 nitrogen and oxygen atoms in total. The molecule has 0 unspecified atom stereocenters. The van der Waals surface area contributed by atoms with Crippen molar-refractivity contribution in [3.63, 3.8) is 0 Å². The summed E-state index contributed by atoms with van der Waals surface area (Å²) in [7, 11) is 0. The largest absolute Gasteiger partial charge is 0.307 e. The molecule has 0 aromatic heterocycles. The standard InChI is InChI=1S/C17H33NO/c1-6-7-8-9-10-11-15(19)14-12-16(2,3)18-17(4,5)13-14/h14,18H,6-13H2,1-5H3. The number of piperidine rings is 1. The lowest BCUT2D eigenvalue weighted by Crippen LogP contribution is -2.58. The molecule has 112 valence electrons. The maximum Gasteiger partial charge on any atom is 0.136 e. The Morgan fingerprint density at radius 2 is 1.53 bits per heavy atom. The lowest BCUT2D eigenvalue weighted by molar-refractivity contribution is -0.125. The lowest BCUT2D eigenvalue weighted by Gasteiger charge is -2.46. The normalized spacial score (nSPS) is 22.4. The third-order valence-corrected chi connectivity index (χ3v) is 4.17. The van der Waals surface area contributed by atoms with Gasteiger partial charge in [0.1, 0.15) is 5.78 Å². The van der Waals surface area contributed by atoms with E-state index in [1.165, 1.54) is 25.7 Å². The van der Waals surface area contributed by atoms with Crippen LogP contribution in [0.1, 0.15) is 86.0 Å². The zero-order valence-corrected chi connectivity index (χ0v) is 13.6. The van der Waals surface area contributed by atoms with Crippen LogP contribution in [0.15, 0.2) is 0 Å². The topological polar surface area (TPSA) is 29.1 Å². The second-order valence-corrected chi connectivity index (χ2v) is 7.63. The van der Waals surface area contributed by atoms with Crippen LogP contribution in [0.2, 0.25) is 0 Å². The predicted molar refractivity (Wildman–Crippen MR) is 82.4 cm³/mol. The van der Waals surface area contributed by atoms with E-state index in [1.807, 2.05) is 0 Å². The molecule has 0 radical (unpaired) electrons. The molecule has 0 aliphatic carbocycles. The summed E-state index contributed by atoms with van der Waals surface area (Å²) in [5, 5.41) is 3.65. The summed E-state index contributed by atoms with van der Waals surface area (Å²) >= 11 is 0. The maximum absolute atomic E-state index is 12.4. The highest BCUT2D eigenvalue weighted by Gasteiger charge is 2.39. The van der Waals surface area contributed by atoms with Crippen LogP contribution in [0.25, 0.3) is 0 Å². The molecule has 0 amide bonds. The van der Waals surface area contributed by atoms with Gasteiger partial charge in [0.15, 0.2) is 0 Å². The minimum atomic E-state index is 0.0876. The second kappa shape index (κ2) is 6.88. The molecule has 1 N–H and O–H groups in total. The van der Waals surface area contributed by atoms with Crippen LogP contribution < -0.4 is 5.32 Å². The zero-order valence-electron chi connectivity index (χ0n) is 13.6. The van der Waals surface area contributed by atoms with E-state index in [4.69, 9.17) is 0 Å². The van der Waals surface area contributed by atoms with E-state index in [9.17, 15) is 4.79 Å². The average Bonchev–Trinajstić information content (AvgIpc) is 2.24. The fourth-order valence-corrected chi connectivity index (χ4v) is 3.66. The first-order chi connectivity index (χ1) is 8.76. The SMILES string of the molecule is CCCCCCCC(=O)C1CC(C)(C)NC(C)(C)C1. The Labute approximate surface area is 119 Å². The Morgan fingerprint density at radius 3 is 2.05 bits per heavy atom. The summed E-state index contributed by atoms with van der Waals surface area (Å²) in [6.45, 7) is 11.1. The van der Waals surface area contributed by atoms with Crippen LogP contribution in [0.3, 0.4) is 0 Å². The lowest BCUT2D eigenvalue weighted by atomic mass is 9.73. The van der Waals surface area contributed by atoms with Gasteiger partial charge in [-0.1, -0.05) is 32.6 Å². The molecule has 0 spiro atoms. The monoisotopic (exact) mass is 267 g/mol. The van der Waals surface area contributed by atoms with Crippen LogP contribution >= 0.6 is 0 Å². The van der Waals surface area contributed by atoms with E-state index in [0.29, 0.717) is 5.78 Å². The average molecular weight is 267 g/mol. The highest BCUT2D eigenvalue weighted by atomic mass is 16.1. The van der Waals surface area contributed by atoms with E-state index in [-0.39, 0.29) is 17.0 Å². The minimum Gasteiger partial charge on any atom is -0.307 e. The van der Waals surface area contributed by atoms with Crippen molar-refractivity contribution in [1.29, 1.82) is 0 Å². The van der Waals surface area contributed by atoms with Gasteiger partial charge < -0.3 is 5.32 Å². The van der Waals surface area contributed by atoms with Crippen molar-refractivity contribution in [2.45, 2.75) is 97.1 Å². The van der Waals surface area contributed by atoms with E-state index in [2.05, 4.69) is 39.9 Å². The molecule has 1 heterocycles. The van der Waals surface area contributed by atoms with Crippen LogP contribution in [0.5, 0.6) is 0 Å². The van der Waals surface area contributed by atoms with Gasteiger partial charge in [-0.2, -0.15) is 0 Å². The quantitative estimate of drug-likeness (QED) is 0.689. The number of carbonyl (C=O) groups excluding carboxylic acids is 1. The van der Waals surface area contributed by atoms with Crippen molar-refractivity contribution in [1.82, 2.24) is 5.32 Å². The van der Waals surface area contributed by atoms with Crippen LogP contribution in [0, 0.1) is 5.92 Å². The molecule has 2 heteroatoms. The Bertz CT molecular complexity index is 278. The first-order valence-electron chi connectivity index (χ1n) is 8.08. The molecule has 1 saturated heterocycles. The molecule has 0 aromatic carbocycles. The molecular weight excluding hydrogens is 234 g/mol. The van der Waals surface area contributed by atoms with Crippen molar-refractivity contribution >= 4 is 5.78 Å². The molecule has 0 atom stereocenters. The van der Waals surface area contributed by atoms with E-state index in [1.54, 1.807) is 0 Å². The molecule has 19 heavy (non-hydrogen) atoms. The number of nitrogens with one attached hydrogen (secondary N) is 1. The highest BCUT2D eigenvalue weighted by molar-refractivity contribution is 5.81. The molecule has 1 rings (SSSR count). The van der Waals surface area contributed by atoms with Gasteiger partial charge in [-0.15, -0.1) is 0 Å². The summed E-state index contributed by atoms with van der Waals surface area (Å²) < 4.78 is 0. The fraction of sp³-hybridized carbons (Fsp3) is 0.941. The highest BCUT2D eigenvalue weighted by Crippen LogP contribution is 2.34. The van der Waals surface area contributed by atoms with Gasteiger partial charge in [-0.05, 0) is 47.0 Å².